The van der Waals surface area contributed by atoms with Crippen LogP contribution in [0.25, 0.3) is 6.08 Å². The van der Waals surface area contributed by atoms with Gasteiger partial charge < -0.3 is 10.6 Å². The number of Topliss-reactive ketones (excluding diaryl/α,β-unsaturated/α-hetero) is 1. The average Bonchev–Trinajstić information content (AvgIpc) is 3.12. The molecule has 1 heterocycles. The number of ketones is 1. The van der Waals surface area contributed by atoms with Crippen molar-refractivity contribution in [2.24, 2.45) is 17.8 Å². The number of hydrogen-bond acceptors (Lipinski definition) is 5. The van der Waals surface area contributed by atoms with Gasteiger partial charge in [-0.05, 0) is 30.0 Å². The predicted molar refractivity (Wildman–Crippen MR) is 140 cm³/mol. The average molecular weight is 504 g/mol. The molecule has 0 aromatic heterocycles. The Morgan fingerprint density at radius 1 is 0.946 bits per heavy atom. The first-order valence-electron chi connectivity index (χ1n) is 12.3. The summed E-state index contributed by atoms with van der Waals surface area (Å²) < 4.78 is 0. The molecule has 1 fully saturated rings. The molecule has 0 bridgehead atoms. The molecule has 2 aromatic carbocycles. The van der Waals surface area contributed by atoms with Crippen molar-refractivity contribution in [2.75, 3.05) is 0 Å². The molecule has 3 rings (SSSR count). The zero-order valence-electron chi connectivity index (χ0n) is 21.5. The third-order valence-electron chi connectivity index (χ3n) is 6.45. The van der Waals surface area contributed by atoms with Crippen LogP contribution in [0.5, 0.6) is 0 Å². The van der Waals surface area contributed by atoms with Gasteiger partial charge in [0.1, 0.15) is 5.92 Å². The molecular weight excluding hydrogens is 470 g/mol. The summed E-state index contributed by atoms with van der Waals surface area (Å²) in [6.45, 7) is 7.02. The Bertz CT molecular complexity index is 1190. The number of nitrogens with one attached hydrogen (secondary N) is 3. The second-order valence-corrected chi connectivity index (χ2v) is 9.73. The Hall–Kier alpha value is -4.07. The lowest BCUT2D eigenvalue weighted by atomic mass is 9.85. The molecule has 0 saturated carbocycles. The van der Waals surface area contributed by atoms with Crippen molar-refractivity contribution >= 4 is 35.5 Å². The number of hydrogen-bond donors (Lipinski definition) is 3. The fourth-order valence-electron chi connectivity index (χ4n) is 4.25. The molecule has 0 spiro atoms. The van der Waals surface area contributed by atoms with Gasteiger partial charge in [-0.15, -0.1) is 0 Å². The third-order valence-corrected chi connectivity index (χ3v) is 6.45. The predicted octanol–water partition coefficient (Wildman–Crippen LogP) is 2.87. The standard InChI is InChI=1S/C29H33N3O5/c1-17(2)26(27(35)25-19(4)28(36)32-29(25)37)31-24(34)16-22(21-8-6-5-7-9-21)30-23(33)15-14-20-12-10-18(3)11-13-20/h5-15,17,19,22,25-26H,16H2,1-4H3,(H,30,33)(H,31,34)(H,32,36,37)/b15-14+/t19-,22+,25+,26+/m0/s1. The molecular formula is C29H33N3O5. The normalized spacial score (nSPS) is 18.9. The van der Waals surface area contributed by atoms with E-state index in [4.69, 9.17) is 0 Å². The quantitative estimate of drug-likeness (QED) is 0.262. The maximum absolute atomic E-state index is 13.2. The molecule has 2 aromatic rings. The van der Waals surface area contributed by atoms with E-state index in [1.165, 1.54) is 13.0 Å². The molecule has 0 radical (unpaired) electrons. The molecule has 4 amide bonds. The molecule has 1 aliphatic rings. The summed E-state index contributed by atoms with van der Waals surface area (Å²) >= 11 is 0. The van der Waals surface area contributed by atoms with Gasteiger partial charge in [0.25, 0.3) is 0 Å². The molecule has 0 unspecified atom stereocenters. The van der Waals surface area contributed by atoms with Gasteiger partial charge in [-0.1, -0.05) is 80.9 Å². The molecule has 1 saturated heterocycles. The Labute approximate surface area is 216 Å². The fraction of sp³-hybridized carbons (Fsp3) is 0.345. The summed E-state index contributed by atoms with van der Waals surface area (Å²) in [5, 5.41) is 7.79. The first kappa shape index (κ1) is 27.5. The van der Waals surface area contributed by atoms with Crippen LogP contribution in [0.1, 0.15) is 49.9 Å². The van der Waals surface area contributed by atoms with Crippen LogP contribution in [0.3, 0.4) is 0 Å². The molecule has 4 atom stereocenters. The van der Waals surface area contributed by atoms with Crippen LogP contribution in [0.2, 0.25) is 0 Å². The first-order chi connectivity index (χ1) is 17.6. The number of amides is 4. The van der Waals surface area contributed by atoms with Gasteiger partial charge in [-0.25, -0.2) is 0 Å². The second-order valence-electron chi connectivity index (χ2n) is 9.73. The summed E-state index contributed by atoms with van der Waals surface area (Å²) in [7, 11) is 0. The lowest BCUT2D eigenvalue weighted by molar-refractivity contribution is -0.137. The second kappa shape index (κ2) is 12.3. The van der Waals surface area contributed by atoms with E-state index in [9.17, 15) is 24.0 Å². The summed E-state index contributed by atoms with van der Waals surface area (Å²) in [6, 6.07) is 15.2. The van der Waals surface area contributed by atoms with Gasteiger partial charge in [-0.2, -0.15) is 0 Å². The van der Waals surface area contributed by atoms with E-state index in [0.717, 1.165) is 16.7 Å². The van der Waals surface area contributed by atoms with Gasteiger partial charge in [0.15, 0.2) is 5.78 Å². The minimum atomic E-state index is -1.14. The highest BCUT2D eigenvalue weighted by molar-refractivity contribution is 6.16. The summed E-state index contributed by atoms with van der Waals surface area (Å²) in [5.74, 6) is -4.71. The molecule has 8 heteroatoms. The van der Waals surface area contributed by atoms with E-state index >= 15 is 0 Å². The minimum absolute atomic E-state index is 0.115. The first-order valence-corrected chi connectivity index (χ1v) is 12.3. The van der Waals surface area contributed by atoms with Crippen molar-refractivity contribution in [3.8, 4) is 0 Å². The summed E-state index contributed by atoms with van der Waals surface area (Å²) in [6.07, 6.45) is 2.99. The lowest BCUT2D eigenvalue weighted by Gasteiger charge is -2.25. The van der Waals surface area contributed by atoms with Crippen LogP contribution in [-0.2, 0) is 24.0 Å². The van der Waals surface area contributed by atoms with Gasteiger partial charge in [0, 0.05) is 6.08 Å². The van der Waals surface area contributed by atoms with E-state index in [-0.39, 0.29) is 18.2 Å². The maximum atomic E-state index is 13.2. The SMILES string of the molecule is Cc1ccc(/C=C/C(=O)N[C@H](CC(=O)N[C@@H](C(=O)[C@@H]2C(=O)NC(=O)[C@H]2C)C(C)C)c2ccccc2)cc1. The molecule has 0 aliphatic carbocycles. The molecule has 1 aliphatic heterocycles. The smallest absolute Gasteiger partial charge is 0.244 e. The highest BCUT2D eigenvalue weighted by Crippen LogP contribution is 2.24. The zero-order valence-corrected chi connectivity index (χ0v) is 21.5. The molecule has 3 N–H and O–H groups in total. The van der Waals surface area contributed by atoms with Crippen LogP contribution in [0, 0.1) is 24.7 Å². The van der Waals surface area contributed by atoms with Gasteiger partial charge in [0.05, 0.1) is 24.4 Å². The molecule has 37 heavy (non-hydrogen) atoms. The maximum Gasteiger partial charge on any atom is 0.244 e. The van der Waals surface area contributed by atoms with Crippen LogP contribution < -0.4 is 16.0 Å². The lowest BCUT2D eigenvalue weighted by Crippen LogP contribution is -2.49. The van der Waals surface area contributed by atoms with Gasteiger partial charge in [0.2, 0.25) is 23.6 Å². The highest BCUT2D eigenvalue weighted by Gasteiger charge is 2.46. The van der Waals surface area contributed by atoms with Crippen molar-refractivity contribution < 1.29 is 24.0 Å². The highest BCUT2D eigenvalue weighted by atomic mass is 16.2. The van der Waals surface area contributed by atoms with E-state index < -0.39 is 47.4 Å². The van der Waals surface area contributed by atoms with Gasteiger partial charge in [-0.3, -0.25) is 29.3 Å². The third kappa shape index (κ3) is 7.22. The van der Waals surface area contributed by atoms with Crippen LogP contribution >= 0.6 is 0 Å². The Morgan fingerprint density at radius 2 is 1.59 bits per heavy atom. The summed E-state index contributed by atoms with van der Waals surface area (Å²) in [5.41, 5.74) is 2.72. The number of imide groups is 1. The molecule has 8 nitrogen and oxygen atoms in total. The number of rotatable bonds is 10. The molecule has 194 valence electrons. The number of carbonyl (C=O) groups excluding carboxylic acids is 5. The largest absolute Gasteiger partial charge is 0.346 e. The number of carbonyl (C=O) groups is 5. The van der Waals surface area contributed by atoms with Crippen molar-refractivity contribution in [1.29, 1.82) is 0 Å². The van der Waals surface area contributed by atoms with E-state index in [2.05, 4.69) is 16.0 Å². The summed E-state index contributed by atoms with van der Waals surface area (Å²) in [4.78, 5) is 63.0. The van der Waals surface area contributed by atoms with E-state index in [1.807, 2.05) is 61.5 Å². The Morgan fingerprint density at radius 3 is 2.16 bits per heavy atom. The van der Waals surface area contributed by atoms with Crippen molar-refractivity contribution in [2.45, 2.75) is 46.2 Å². The van der Waals surface area contributed by atoms with Crippen LogP contribution in [-0.4, -0.2) is 35.5 Å². The van der Waals surface area contributed by atoms with Crippen LogP contribution in [0.4, 0.5) is 0 Å². The fourth-order valence-corrected chi connectivity index (χ4v) is 4.25. The Balaban J connectivity index is 1.72. The van der Waals surface area contributed by atoms with Gasteiger partial charge >= 0.3 is 0 Å². The topological polar surface area (TPSA) is 121 Å². The van der Waals surface area contributed by atoms with E-state index in [1.54, 1.807) is 19.9 Å². The van der Waals surface area contributed by atoms with Crippen molar-refractivity contribution in [3.05, 3.63) is 77.4 Å². The minimum Gasteiger partial charge on any atom is -0.346 e. The van der Waals surface area contributed by atoms with Crippen molar-refractivity contribution in [3.63, 3.8) is 0 Å². The monoisotopic (exact) mass is 503 g/mol. The Kier molecular flexibility index (Phi) is 9.11. The van der Waals surface area contributed by atoms with Crippen LogP contribution in [0.15, 0.2) is 60.7 Å². The van der Waals surface area contributed by atoms with Crippen molar-refractivity contribution in [1.82, 2.24) is 16.0 Å². The van der Waals surface area contributed by atoms with E-state index in [0.29, 0.717) is 0 Å². The zero-order chi connectivity index (χ0) is 27.1. The number of aryl methyl sites for hydroxylation is 1. The number of benzene rings is 2.